The monoisotopic (exact) mass is 287 g/mol. The zero-order valence-electron chi connectivity index (χ0n) is 11.8. The number of morpholine rings is 1. The van der Waals surface area contributed by atoms with Gasteiger partial charge in [-0.1, -0.05) is 0 Å². The Morgan fingerprint density at radius 3 is 2.95 bits per heavy atom. The van der Waals surface area contributed by atoms with Crippen molar-refractivity contribution < 1.29 is 9.53 Å². The van der Waals surface area contributed by atoms with E-state index >= 15 is 0 Å². The van der Waals surface area contributed by atoms with Crippen LogP contribution in [0.5, 0.6) is 0 Å². The van der Waals surface area contributed by atoms with Gasteiger partial charge >= 0.3 is 0 Å². The largest absolute Gasteiger partial charge is 0.382 e. The highest BCUT2D eigenvalue weighted by Crippen LogP contribution is 2.24. The van der Waals surface area contributed by atoms with Crippen LogP contribution >= 0.6 is 0 Å². The molecule has 1 amide bonds. The minimum Gasteiger partial charge on any atom is -0.382 e. The van der Waals surface area contributed by atoms with Gasteiger partial charge in [-0.25, -0.2) is 4.98 Å². The summed E-state index contributed by atoms with van der Waals surface area (Å²) in [5.41, 5.74) is 7.07. The fraction of sp³-hybridized carbons (Fsp3) is 0.357. The van der Waals surface area contributed by atoms with Crippen LogP contribution < -0.4 is 5.73 Å². The molecule has 21 heavy (non-hydrogen) atoms. The van der Waals surface area contributed by atoms with Crippen LogP contribution in [0.3, 0.4) is 0 Å². The van der Waals surface area contributed by atoms with Crippen LogP contribution in [0.1, 0.15) is 22.3 Å². The topological polar surface area (TPSA) is 86.3 Å². The molecule has 0 saturated carbocycles. The highest BCUT2D eigenvalue weighted by atomic mass is 16.5. The van der Waals surface area contributed by atoms with E-state index in [1.54, 1.807) is 11.1 Å². The van der Waals surface area contributed by atoms with Crippen molar-refractivity contribution in [1.29, 1.82) is 0 Å². The number of ether oxygens (including phenoxy) is 1. The molecule has 0 aromatic carbocycles. The summed E-state index contributed by atoms with van der Waals surface area (Å²) in [6.45, 7) is 1.43. The van der Waals surface area contributed by atoms with Gasteiger partial charge in [0.15, 0.2) is 0 Å². The van der Waals surface area contributed by atoms with Crippen molar-refractivity contribution in [2.45, 2.75) is 6.10 Å². The zero-order valence-corrected chi connectivity index (χ0v) is 11.8. The van der Waals surface area contributed by atoms with Crippen LogP contribution in [-0.4, -0.2) is 45.0 Å². The lowest BCUT2D eigenvalue weighted by molar-refractivity contribution is -0.0248. The predicted octanol–water partition coefficient (Wildman–Crippen LogP) is 0.611. The predicted molar refractivity (Wildman–Crippen MR) is 76.5 cm³/mol. The number of nitrogens with zero attached hydrogens (tertiary/aromatic N) is 4. The van der Waals surface area contributed by atoms with E-state index in [4.69, 9.17) is 10.5 Å². The van der Waals surface area contributed by atoms with Crippen LogP contribution in [0.4, 0.5) is 5.82 Å². The molecular weight excluding hydrogens is 270 g/mol. The second kappa shape index (κ2) is 5.53. The summed E-state index contributed by atoms with van der Waals surface area (Å²) in [6.07, 6.45) is 4.63. The van der Waals surface area contributed by atoms with Gasteiger partial charge < -0.3 is 19.9 Å². The molecule has 2 aromatic heterocycles. The number of carbonyl (C=O) groups excluding carboxylic acids is 1. The van der Waals surface area contributed by atoms with Crippen LogP contribution in [0, 0.1) is 0 Å². The van der Waals surface area contributed by atoms with E-state index in [0.717, 1.165) is 0 Å². The Hall–Kier alpha value is -2.41. The first kappa shape index (κ1) is 13.6. The Labute approximate surface area is 122 Å². The molecule has 1 unspecified atom stereocenters. The van der Waals surface area contributed by atoms with Crippen molar-refractivity contribution in [3.63, 3.8) is 0 Å². The second-order valence-electron chi connectivity index (χ2n) is 4.94. The van der Waals surface area contributed by atoms with E-state index in [1.807, 2.05) is 29.9 Å². The molecule has 1 aliphatic rings. The molecule has 7 nitrogen and oxygen atoms in total. The molecule has 0 bridgehead atoms. The normalized spacial score (nSPS) is 18.7. The van der Waals surface area contributed by atoms with E-state index < -0.39 is 0 Å². The lowest BCUT2D eigenvalue weighted by Gasteiger charge is -2.32. The van der Waals surface area contributed by atoms with E-state index in [1.165, 1.54) is 6.20 Å². The molecule has 1 saturated heterocycles. The van der Waals surface area contributed by atoms with Gasteiger partial charge in [0, 0.05) is 32.2 Å². The molecule has 0 aliphatic carbocycles. The average molecular weight is 287 g/mol. The van der Waals surface area contributed by atoms with Crippen LogP contribution in [0.15, 0.2) is 30.7 Å². The first-order chi connectivity index (χ1) is 10.2. The summed E-state index contributed by atoms with van der Waals surface area (Å²) in [5.74, 6) is 0.328. The number of aromatic nitrogens is 3. The number of rotatable bonds is 2. The first-order valence-corrected chi connectivity index (χ1v) is 6.75. The van der Waals surface area contributed by atoms with Gasteiger partial charge in [-0.15, -0.1) is 0 Å². The lowest BCUT2D eigenvalue weighted by atomic mass is 10.2. The molecule has 2 N–H and O–H groups in total. The standard InChI is InChI=1S/C14H17N5O2/c1-18-6-2-3-10(18)14(20)19-7-8-21-11(9-19)12-13(15)17-5-4-16-12/h2-6,11H,7-9H2,1H3,(H2,15,17). The van der Waals surface area contributed by atoms with Crippen molar-refractivity contribution in [3.8, 4) is 0 Å². The van der Waals surface area contributed by atoms with Crippen LogP contribution in [0.25, 0.3) is 0 Å². The number of aryl methyl sites for hydroxylation is 1. The number of carbonyl (C=O) groups is 1. The van der Waals surface area contributed by atoms with Crippen molar-refractivity contribution in [2.24, 2.45) is 7.05 Å². The van der Waals surface area contributed by atoms with E-state index in [0.29, 0.717) is 36.9 Å². The fourth-order valence-electron chi connectivity index (χ4n) is 2.45. The van der Waals surface area contributed by atoms with Gasteiger partial charge in [-0.3, -0.25) is 9.78 Å². The van der Waals surface area contributed by atoms with E-state index in [2.05, 4.69) is 9.97 Å². The molecule has 1 atom stereocenters. The van der Waals surface area contributed by atoms with Gasteiger partial charge in [-0.05, 0) is 12.1 Å². The van der Waals surface area contributed by atoms with Crippen molar-refractivity contribution >= 4 is 11.7 Å². The number of nitrogen functional groups attached to an aromatic ring is 1. The second-order valence-corrected chi connectivity index (χ2v) is 4.94. The van der Waals surface area contributed by atoms with Gasteiger partial charge in [0.2, 0.25) is 0 Å². The average Bonchev–Trinajstić information content (AvgIpc) is 2.93. The number of anilines is 1. The molecule has 0 radical (unpaired) electrons. The number of hydrogen-bond acceptors (Lipinski definition) is 5. The molecule has 0 spiro atoms. The maximum atomic E-state index is 12.5. The molecule has 3 heterocycles. The molecule has 7 heteroatoms. The summed E-state index contributed by atoms with van der Waals surface area (Å²) in [7, 11) is 1.85. The summed E-state index contributed by atoms with van der Waals surface area (Å²) in [5, 5.41) is 0. The Bertz CT molecular complexity index is 654. The van der Waals surface area contributed by atoms with Gasteiger partial charge in [0.25, 0.3) is 5.91 Å². The highest BCUT2D eigenvalue weighted by Gasteiger charge is 2.29. The molecule has 110 valence electrons. The Balaban J connectivity index is 1.79. The minimum absolute atomic E-state index is 0.0155. The number of amides is 1. The maximum Gasteiger partial charge on any atom is 0.270 e. The molecule has 3 rings (SSSR count). The third-order valence-electron chi connectivity index (χ3n) is 3.58. The summed E-state index contributed by atoms with van der Waals surface area (Å²) in [6, 6.07) is 3.66. The highest BCUT2D eigenvalue weighted by molar-refractivity contribution is 5.92. The lowest BCUT2D eigenvalue weighted by Crippen LogP contribution is -2.43. The first-order valence-electron chi connectivity index (χ1n) is 6.75. The quantitative estimate of drug-likeness (QED) is 0.874. The zero-order chi connectivity index (χ0) is 14.8. The Kier molecular flexibility index (Phi) is 3.57. The SMILES string of the molecule is Cn1cccc1C(=O)N1CCOC(c2nccnc2N)C1. The van der Waals surface area contributed by atoms with Crippen molar-refractivity contribution in [3.05, 3.63) is 42.1 Å². The van der Waals surface area contributed by atoms with E-state index in [-0.39, 0.29) is 12.0 Å². The summed E-state index contributed by atoms with van der Waals surface area (Å²) >= 11 is 0. The van der Waals surface area contributed by atoms with Gasteiger partial charge in [0.1, 0.15) is 23.3 Å². The van der Waals surface area contributed by atoms with Crippen LogP contribution in [0.2, 0.25) is 0 Å². The molecule has 1 fully saturated rings. The summed E-state index contributed by atoms with van der Waals surface area (Å²) in [4.78, 5) is 22.5. The Morgan fingerprint density at radius 1 is 1.43 bits per heavy atom. The minimum atomic E-state index is -0.336. The van der Waals surface area contributed by atoms with Gasteiger partial charge in [0.05, 0.1) is 13.2 Å². The van der Waals surface area contributed by atoms with Gasteiger partial charge in [-0.2, -0.15) is 0 Å². The molecule has 2 aromatic rings. The molecular formula is C14H17N5O2. The van der Waals surface area contributed by atoms with Crippen molar-refractivity contribution in [1.82, 2.24) is 19.4 Å². The maximum absolute atomic E-state index is 12.5. The fourth-order valence-corrected chi connectivity index (χ4v) is 2.45. The molecule has 1 aliphatic heterocycles. The third kappa shape index (κ3) is 2.59. The number of hydrogen-bond donors (Lipinski definition) is 1. The van der Waals surface area contributed by atoms with E-state index in [9.17, 15) is 4.79 Å². The third-order valence-corrected chi connectivity index (χ3v) is 3.58. The van der Waals surface area contributed by atoms with Crippen LogP contribution in [-0.2, 0) is 11.8 Å². The smallest absolute Gasteiger partial charge is 0.270 e. The Morgan fingerprint density at radius 2 is 2.24 bits per heavy atom. The van der Waals surface area contributed by atoms with Crippen molar-refractivity contribution in [2.75, 3.05) is 25.4 Å². The number of nitrogens with two attached hydrogens (primary N) is 1. The summed E-state index contributed by atoms with van der Waals surface area (Å²) < 4.78 is 7.50.